The van der Waals surface area contributed by atoms with E-state index in [1.807, 2.05) is 6.07 Å². The lowest BCUT2D eigenvalue weighted by atomic mass is 10.2. The Morgan fingerprint density at radius 3 is 2.90 bits per heavy atom. The van der Waals surface area contributed by atoms with E-state index >= 15 is 0 Å². The van der Waals surface area contributed by atoms with E-state index in [1.54, 1.807) is 19.2 Å². The average Bonchev–Trinajstić information content (AvgIpc) is 3.21. The first-order valence-electron chi connectivity index (χ1n) is 10.0. The molecule has 1 aliphatic heterocycles. The number of nitrogens with zero attached hydrogens (tertiary/aromatic N) is 3. The molecule has 0 bridgehead atoms. The summed E-state index contributed by atoms with van der Waals surface area (Å²) in [5.41, 5.74) is 0.903. The van der Waals surface area contributed by atoms with Gasteiger partial charge >= 0.3 is 5.97 Å². The number of nitrogens with one attached hydrogen (secondary N) is 1. The number of halogens is 2. The van der Waals surface area contributed by atoms with Gasteiger partial charge in [0.1, 0.15) is 17.1 Å². The number of carbonyl (C=O) groups is 1. The second kappa shape index (κ2) is 11.9. The molecule has 1 aromatic heterocycles. The summed E-state index contributed by atoms with van der Waals surface area (Å²) in [6.45, 7) is 4.60. The summed E-state index contributed by atoms with van der Waals surface area (Å²) in [5, 5.41) is 13.1. The lowest BCUT2D eigenvalue weighted by molar-refractivity contribution is 0.0697. The number of hydrogen-bond donors (Lipinski definition) is 2. The van der Waals surface area contributed by atoms with Crippen molar-refractivity contribution in [1.82, 2.24) is 9.97 Å². The molecular formula is C21H28Cl2N4O4. The van der Waals surface area contributed by atoms with Crippen LogP contribution in [-0.2, 0) is 11.3 Å². The number of carboxylic acid groups (broad SMARTS) is 1. The summed E-state index contributed by atoms with van der Waals surface area (Å²) in [6, 6.07) is 5.60. The summed E-state index contributed by atoms with van der Waals surface area (Å²) >= 11 is 6.18. The Hall–Kier alpha value is -2.29. The van der Waals surface area contributed by atoms with Crippen molar-refractivity contribution in [2.75, 3.05) is 37.1 Å². The predicted octanol–water partition coefficient (Wildman–Crippen LogP) is 4.27. The normalized spacial score (nSPS) is 15.5. The monoisotopic (exact) mass is 470 g/mol. The number of ether oxygens (including phenoxy) is 2. The van der Waals surface area contributed by atoms with Gasteiger partial charge in [-0.15, -0.1) is 12.4 Å². The molecule has 170 valence electrons. The summed E-state index contributed by atoms with van der Waals surface area (Å²) in [5.74, 6) is 0.292. The van der Waals surface area contributed by atoms with Crippen molar-refractivity contribution in [3.8, 4) is 5.75 Å². The quantitative estimate of drug-likeness (QED) is 0.496. The van der Waals surface area contributed by atoms with Gasteiger partial charge in [-0.1, -0.05) is 24.6 Å². The van der Waals surface area contributed by atoms with Gasteiger partial charge in [0.15, 0.2) is 0 Å². The second-order valence-corrected chi connectivity index (χ2v) is 7.53. The SMILES string of the molecule is CCCOC[C@@H]1CCCN1c1ncc(C(=O)O)c(NCc2ccc(OC)c(Cl)c2)n1.Cl. The predicted molar refractivity (Wildman–Crippen MR) is 123 cm³/mol. The van der Waals surface area contributed by atoms with Gasteiger partial charge in [-0.2, -0.15) is 4.98 Å². The Balaban J connectivity index is 0.00000341. The zero-order chi connectivity index (χ0) is 21.5. The van der Waals surface area contributed by atoms with Crippen LogP contribution in [0.2, 0.25) is 5.02 Å². The van der Waals surface area contributed by atoms with E-state index in [-0.39, 0.29) is 29.8 Å². The molecule has 1 aromatic carbocycles. The van der Waals surface area contributed by atoms with E-state index in [0.717, 1.165) is 38.0 Å². The van der Waals surface area contributed by atoms with Crippen LogP contribution in [0.25, 0.3) is 0 Å². The minimum absolute atomic E-state index is 0. The molecule has 2 heterocycles. The molecule has 0 radical (unpaired) electrons. The number of benzene rings is 1. The third kappa shape index (κ3) is 6.35. The Morgan fingerprint density at radius 2 is 2.23 bits per heavy atom. The largest absolute Gasteiger partial charge is 0.495 e. The summed E-state index contributed by atoms with van der Waals surface area (Å²) in [7, 11) is 1.56. The topological polar surface area (TPSA) is 96.8 Å². The lowest BCUT2D eigenvalue weighted by Gasteiger charge is -2.25. The number of aromatic nitrogens is 2. The fourth-order valence-electron chi connectivity index (χ4n) is 3.44. The van der Waals surface area contributed by atoms with Crippen LogP contribution in [0.3, 0.4) is 0 Å². The maximum Gasteiger partial charge on any atom is 0.341 e. The minimum atomic E-state index is -1.08. The minimum Gasteiger partial charge on any atom is -0.495 e. The number of hydrogen-bond acceptors (Lipinski definition) is 7. The molecule has 0 saturated carbocycles. The Kier molecular flexibility index (Phi) is 9.61. The molecule has 31 heavy (non-hydrogen) atoms. The molecule has 1 aliphatic rings. The van der Waals surface area contributed by atoms with Crippen molar-refractivity contribution in [2.24, 2.45) is 0 Å². The highest BCUT2D eigenvalue weighted by atomic mass is 35.5. The van der Waals surface area contributed by atoms with Crippen molar-refractivity contribution >= 4 is 41.7 Å². The van der Waals surface area contributed by atoms with E-state index in [4.69, 9.17) is 21.1 Å². The highest BCUT2D eigenvalue weighted by Crippen LogP contribution is 2.27. The average molecular weight is 471 g/mol. The third-order valence-electron chi connectivity index (χ3n) is 4.98. The smallest absolute Gasteiger partial charge is 0.341 e. The van der Waals surface area contributed by atoms with E-state index in [0.29, 0.717) is 29.9 Å². The number of methoxy groups -OCH3 is 1. The van der Waals surface area contributed by atoms with Gasteiger partial charge in [0.2, 0.25) is 5.95 Å². The number of carboxylic acids is 1. The number of aromatic carboxylic acids is 1. The van der Waals surface area contributed by atoms with Gasteiger partial charge in [0.25, 0.3) is 0 Å². The Morgan fingerprint density at radius 1 is 1.42 bits per heavy atom. The zero-order valence-electron chi connectivity index (χ0n) is 17.6. The van der Waals surface area contributed by atoms with Gasteiger partial charge < -0.3 is 24.8 Å². The first-order chi connectivity index (χ1) is 14.5. The van der Waals surface area contributed by atoms with E-state index < -0.39 is 5.97 Å². The zero-order valence-corrected chi connectivity index (χ0v) is 19.2. The van der Waals surface area contributed by atoms with Crippen LogP contribution < -0.4 is 15.0 Å². The van der Waals surface area contributed by atoms with Crippen LogP contribution >= 0.6 is 24.0 Å². The maximum atomic E-state index is 11.7. The van der Waals surface area contributed by atoms with Crippen LogP contribution in [-0.4, -0.2) is 54.0 Å². The van der Waals surface area contributed by atoms with Crippen molar-refractivity contribution in [1.29, 1.82) is 0 Å². The molecule has 2 aromatic rings. The van der Waals surface area contributed by atoms with Crippen molar-refractivity contribution in [3.05, 3.63) is 40.5 Å². The van der Waals surface area contributed by atoms with Crippen LogP contribution in [0, 0.1) is 0 Å². The van der Waals surface area contributed by atoms with E-state index in [9.17, 15) is 9.90 Å². The molecule has 2 N–H and O–H groups in total. The standard InChI is InChI=1S/C21H27ClN4O4.ClH/c1-3-9-30-13-15-5-4-8-26(15)21-24-12-16(20(27)28)19(25-21)23-11-14-6-7-18(29-2)17(22)10-14;/h6-7,10,12,15H,3-5,8-9,11,13H2,1-2H3,(H,27,28)(H,23,24,25);1H/t15-;/m0./s1. The number of anilines is 2. The lowest BCUT2D eigenvalue weighted by Crippen LogP contribution is -2.34. The highest BCUT2D eigenvalue weighted by Gasteiger charge is 2.28. The first-order valence-corrected chi connectivity index (χ1v) is 10.4. The van der Waals surface area contributed by atoms with E-state index in [2.05, 4.69) is 27.1 Å². The van der Waals surface area contributed by atoms with Crippen molar-refractivity contribution in [2.45, 2.75) is 38.8 Å². The van der Waals surface area contributed by atoms with Crippen molar-refractivity contribution < 1.29 is 19.4 Å². The van der Waals surface area contributed by atoms with E-state index in [1.165, 1.54) is 6.20 Å². The Labute approximate surface area is 193 Å². The molecule has 0 spiro atoms. The highest BCUT2D eigenvalue weighted by molar-refractivity contribution is 6.32. The maximum absolute atomic E-state index is 11.7. The fraction of sp³-hybridized carbons (Fsp3) is 0.476. The Bertz CT molecular complexity index is 884. The van der Waals surface area contributed by atoms with Gasteiger partial charge in [-0.25, -0.2) is 9.78 Å². The third-order valence-corrected chi connectivity index (χ3v) is 5.27. The fourth-order valence-corrected chi connectivity index (χ4v) is 3.72. The van der Waals surface area contributed by atoms with Gasteiger partial charge in [-0.05, 0) is 37.0 Å². The molecule has 1 fully saturated rings. The van der Waals surface area contributed by atoms with Gasteiger partial charge in [0, 0.05) is 25.9 Å². The summed E-state index contributed by atoms with van der Waals surface area (Å²) in [6.07, 6.45) is 4.36. The molecule has 8 nitrogen and oxygen atoms in total. The molecule has 0 amide bonds. The van der Waals surface area contributed by atoms with Gasteiger partial charge in [0.05, 0.1) is 24.8 Å². The van der Waals surface area contributed by atoms with Crippen LogP contribution in [0.5, 0.6) is 5.75 Å². The second-order valence-electron chi connectivity index (χ2n) is 7.12. The van der Waals surface area contributed by atoms with Crippen LogP contribution in [0.4, 0.5) is 11.8 Å². The molecule has 3 rings (SSSR count). The van der Waals surface area contributed by atoms with Crippen molar-refractivity contribution in [3.63, 3.8) is 0 Å². The summed E-state index contributed by atoms with van der Waals surface area (Å²) < 4.78 is 10.9. The molecule has 0 aliphatic carbocycles. The summed E-state index contributed by atoms with van der Waals surface area (Å²) in [4.78, 5) is 22.6. The molecule has 1 atom stereocenters. The van der Waals surface area contributed by atoms with Crippen LogP contribution in [0.1, 0.15) is 42.1 Å². The first kappa shape index (κ1) is 25.0. The number of rotatable bonds is 10. The van der Waals surface area contributed by atoms with Gasteiger partial charge in [-0.3, -0.25) is 0 Å². The molecule has 0 unspecified atom stereocenters. The molecule has 1 saturated heterocycles. The molecular weight excluding hydrogens is 443 g/mol. The molecule has 10 heteroatoms. The van der Waals surface area contributed by atoms with Crippen LogP contribution in [0.15, 0.2) is 24.4 Å².